The molecular formula is C9H6Cl2N2O4. The number of hydrogen-bond acceptors (Lipinski definition) is 4. The van der Waals surface area contributed by atoms with Gasteiger partial charge in [0.1, 0.15) is 4.33 Å². The predicted octanol–water partition coefficient (Wildman–Crippen LogP) is 3.16. The Kier molecular flexibility index (Phi) is 2.41. The van der Waals surface area contributed by atoms with E-state index in [-0.39, 0.29) is 12.0 Å². The molecule has 0 N–H and O–H groups in total. The first kappa shape index (κ1) is 10.7. The molecule has 0 aliphatic heterocycles. The van der Waals surface area contributed by atoms with Gasteiger partial charge in [0.15, 0.2) is 0 Å². The molecule has 0 heterocycles. The average Bonchev–Trinajstić information content (AvgIpc) is 2.78. The van der Waals surface area contributed by atoms with E-state index in [1.54, 1.807) is 0 Å². The van der Waals surface area contributed by atoms with Crippen molar-refractivity contribution >= 4 is 34.6 Å². The second-order valence-corrected chi connectivity index (χ2v) is 5.06. The first-order valence-electron chi connectivity index (χ1n) is 5.00. The fraction of sp³-hybridized carbons (Fsp3) is 0.333. The highest BCUT2D eigenvalue weighted by atomic mass is 35.5. The fourth-order valence-electron chi connectivity index (χ4n) is 1.51. The Morgan fingerprint density at radius 3 is 2.35 bits per heavy atom. The Labute approximate surface area is 107 Å². The molecule has 6 nitrogen and oxygen atoms in total. The Morgan fingerprint density at radius 2 is 1.94 bits per heavy atom. The van der Waals surface area contributed by atoms with Crippen LogP contribution in [0, 0.1) is 20.2 Å². The van der Waals surface area contributed by atoms with Gasteiger partial charge in [0.25, 0.3) is 11.4 Å². The zero-order chi connectivity index (χ0) is 13.7. The minimum Gasteiger partial charge on any atom is -0.258 e. The number of non-ortho nitro benzene ring substituents is 1. The van der Waals surface area contributed by atoms with Crippen molar-refractivity contribution < 1.29 is 11.2 Å². The molecule has 0 bridgehead atoms. The molecule has 2 rings (SSSR count). The van der Waals surface area contributed by atoms with Crippen LogP contribution in [-0.2, 0) is 0 Å². The summed E-state index contributed by atoms with van der Waals surface area (Å²) in [7, 11) is 0. The molecule has 1 aliphatic carbocycles. The molecule has 1 aromatic carbocycles. The molecule has 1 unspecified atom stereocenters. The van der Waals surface area contributed by atoms with Crippen LogP contribution < -0.4 is 0 Å². The first-order valence-corrected chi connectivity index (χ1v) is 5.26. The SMILES string of the molecule is [2H]C1(c2ccc([N+](=O)[O-])cc2[N+](=O)[O-])CC1(Cl)Cl. The van der Waals surface area contributed by atoms with Gasteiger partial charge in [-0.25, -0.2) is 0 Å². The van der Waals surface area contributed by atoms with E-state index in [4.69, 9.17) is 24.6 Å². The van der Waals surface area contributed by atoms with Crippen molar-refractivity contribution in [1.82, 2.24) is 0 Å². The van der Waals surface area contributed by atoms with E-state index in [0.717, 1.165) is 18.2 Å². The summed E-state index contributed by atoms with van der Waals surface area (Å²) in [4.78, 5) is 19.9. The summed E-state index contributed by atoms with van der Waals surface area (Å²) >= 11 is 11.6. The van der Waals surface area contributed by atoms with E-state index in [2.05, 4.69) is 0 Å². The van der Waals surface area contributed by atoms with Crippen molar-refractivity contribution in [2.45, 2.75) is 16.6 Å². The molecule has 0 spiro atoms. The van der Waals surface area contributed by atoms with Crippen molar-refractivity contribution in [2.75, 3.05) is 0 Å². The monoisotopic (exact) mass is 277 g/mol. The summed E-state index contributed by atoms with van der Waals surface area (Å²) in [5, 5.41) is 21.5. The van der Waals surface area contributed by atoms with Crippen LogP contribution in [0.15, 0.2) is 18.2 Å². The summed E-state index contributed by atoms with van der Waals surface area (Å²) < 4.78 is 6.57. The molecule has 1 saturated carbocycles. The molecule has 0 saturated heterocycles. The Balaban J connectivity index is 2.56. The van der Waals surface area contributed by atoms with Crippen LogP contribution in [-0.4, -0.2) is 14.2 Å². The van der Waals surface area contributed by atoms with E-state index in [9.17, 15) is 20.2 Å². The average molecular weight is 278 g/mol. The number of nitro groups is 2. The molecule has 1 aromatic rings. The summed E-state index contributed by atoms with van der Waals surface area (Å²) in [5.41, 5.74) is -0.935. The minimum absolute atomic E-state index is 0.0110. The van der Waals surface area contributed by atoms with Crippen LogP contribution >= 0.6 is 23.2 Å². The molecule has 1 atom stereocenters. The van der Waals surface area contributed by atoms with Gasteiger partial charge in [0.05, 0.1) is 15.9 Å². The third-order valence-corrected chi connectivity index (χ3v) is 3.15. The second kappa shape index (κ2) is 3.82. The second-order valence-electron chi connectivity index (χ2n) is 3.58. The maximum Gasteiger partial charge on any atom is 0.279 e. The summed E-state index contributed by atoms with van der Waals surface area (Å²) in [6.45, 7) is 0. The molecule has 1 aliphatic rings. The van der Waals surface area contributed by atoms with Crippen molar-refractivity contribution in [3.63, 3.8) is 0 Å². The number of hydrogen-bond donors (Lipinski definition) is 0. The minimum atomic E-state index is -1.49. The van der Waals surface area contributed by atoms with Crippen LogP contribution in [0.4, 0.5) is 11.4 Å². The molecule has 8 heteroatoms. The van der Waals surface area contributed by atoms with Crippen LogP contribution in [0.5, 0.6) is 0 Å². The van der Waals surface area contributed by atoms with Crippen molar-refractivity contribution in [2.24, 2.45) is 0 Å². The highest BCUT2D eigenvalue weighted by Crippen LogP contribution is 2.61. The van der Waals surface area contributed by atoms with Crippen molar-refractivity contribution in [3.05, 3.63) is 44.0 Å². The van der Waals surface area contributed by atoms with Gasteiger partial charge in [-0.15, -0.1) is 23.2 Å². The van der Waals surface area contributed by atoms with Gasteiger partial charge >= 0.3 is 0 Å². The van der Waals surface area contributed by atoms with E-state index in [1.165, 1.54) is 0 Å². The fourth-order valence-corrected chi connectivity index (χ4v) is 1.98. The van der Waals surface area contributed by atoms with E-state index < -0.39 is 31.4 Å². The number of nitrogens with zero attached hydrogens (tertiary/aromatic N) is 2. The van der Waals surface area contributed by atoms with Gasteiger partial charge in [-0.2, -0.15) is 0 Å². The van der Waals surface area contributed by atoms with Gasteiger partial charge in [0.2, 0.25) is 0 Å². The lowest BCUT2D eigenvalue weighted by molar-refractivity contribution is -0.394. The molecule has 0 aromatic heterocycles. The lowest BCUT2D eigenvalue weighted by Crippen LogP contribution is -1.99. The Morgan fingerprint density at radius 1 is 1.35 bits per heavy atom. The number of alkyl halides is 2. The highest BCUT2D eigenvalue weighted by molar-refractivity contribution is 6.51. The normalized spacial score (nSPS) is 26.1. The number of nitro benzene ring substituents is 2. The van der Waals surface area contributed by atoms with Gasteiger partial charge in [0, 0.05) is 18.9 Å². The molecule has 0 radical (unpaired) electrons. The highest BCUT2D eigenvalue weighted by Gasteiger charge is 2.54. The van der Waals surface area contributed by atoms with Crippen molar-refractivity contribution in [3.8, 4) is 0 Å². The van der Waals surface area contributed by atoms with Crippen LogP contribution in [0.3, 0.4) is 0 Å². The smallest absolute Gasteiger partial charge is 0.258 e. The Bertz CT molecular complexity index is 565. The first-order chi connectivity index (χ1) is 8.19. The standard InChI is InChI=1S/C9H6Cl2N2O4/c10-9(11)4-7(9)6-2-1-5(12(14)15)3-8(6)13(16)17/h1-3,7H,4H2/i7D. The summed E-state index contributed by atoms with van der Waals surface area (Å²) in [6.07, 6.45) is 0.0434. The van der Waals surface area contributed by atoms with E-state index in [0.29, 0.717) is 0 Å². The summed E-state index contributed by atoms with van der Waals surface area (Å²) in [5.74, 6) is -1.49. The lowest BCUT2D eigenvalue weighted by atomic mass is 10.1. The van der Waals surface area contributed by atoms with Gasteiger partial charge in [-0.1, -0.05) is 0 Å². The van der Waals surface area contributed by atoms with Gasteiger partial charge < -0.3 is 0 Å². The van der Waals surface area contributed by atoms with E-state index in [1.807, 2.05) is 0 Å². The predicted molar refractivity (Wildman–Crippen MR) is 61.5 cm³/mol. The van der Waals surface area contributed by atoms with Gasteiger partial charge in [-0.3, -0.25) is 20.2 Å². The number of benzene rings is 1. The zero-order valence-electron chi connectivity index (χ0n) is 9.22. The van der Waals surface area contributed by atoms with Crippen LogP contribution in [0.2, 0.25) is 0 Å². The maximum absolute atomic E-state index is 10.9. The lowest BCUT2D eigenvalue weighted by Gasteiger charge is -2.02. The number of rotatable bonds is 3. The van der Waals surface area contributed by atoms with Crippen molar-refractivity contribution in [1.29, 1.82) is 0 Å². The van der Waals surface area contributed by atoms with E-state index >= 15 is 0 Å². The quantitative estimate of drug-likeness (QED) is 0.482. The molecule has 90 valence electrons. The molecular weight excluding hydrogens is 271 g/mol. The number of halogens is 2. The maximum atomic E-state index is 10.9. The Hall–Kier alpha value is -1.40. The van der Waals surface area contributed by atoms with Gasteiger partial charge in [-0.05, 0) is 12.5 Å². The molecule has 1 fully saturated rings. The molecule has 0 amide bonds. The largest absolute Gasteiger partial charge is 0.279 e. The third-order valence-electron chi connectivity index (χ3n) is 2.43. The molecule has 17 heavy (non-hydrogen) atoms. The summed E-state index contributed by atoms with van der Waals surface area (Å²) in [6, 6.07) is 3.07. The topological polar surface area (TPSA) is 86.3 Å². The third kappa shape index (κ3) is 2.18. The van der Waals surface area contributed by atoms with Crippen LogP contribution in [0.25, 0.3) is 0 Å². The zero-order valence-corrected chi connectivity index (χ0v) is 9.73. The van der Waals surface area contributed by atoms with Crippen LogP contribution in [0.1, 0.15) is 19.2 Å².